The molecule has 0 aromatic heterocycles. The van der Waals surface area contributed by atoms with Crippen LogP contribution in [0.25, 0.3) is 10.8 Å². The van der Waals surface area contributed by atoms with E-state index in [4.69, 9.17) is 3.07 Å². The first kappa shape index (κ1) is 19.6. The van der Waals surface area contributed by atoms with Gasteiger partial charge in [-0.3, -0.25) is 0 Å². The normalized spacial score (nSPS) is 11.8. The summed E-state index contributed by atoms with van der Waals surface area (Å²) < 4.78 is 11.2. The molecule has 0 saturated carbocycles. The number of fused-ring (bicyclic) bond motifs is 1. The van der Waals surface area contributed by atoms with Gasteiger partial charge in [-0.1, -0.05) is 0 Å². The fourth-order valence-electron chi connectivity index (χ4n) is 3.54. The maximum atomic E-state index is 7.03. The van der Waals surface area contributed by atoms with Crippen molar-refractivity contribution < 1.29 is 3.07 Å². The van der Waals surface area contributed by atoms with Gasteiger partial charge in [0.15, 0.2) is 0 Å². The van der Waals surface area contributed by atoms with Crippen LogP contribution in [-0.2, 0) is 0 Å². The summed E-state index contributed by atoms with van der Waals surface area (Å²) in [6, 6.07) is 15.2. The zero-order valence-electron chi connectivity index (χ0n) is 15.8. The molecule has 0 saturated heterocycles. The summed E-state index contributed by atoms with van der Waals surface area (Å²) in [7, 11) is 0. The summed E-state index contributed by atoms with van der Waals surface area (Å²) >= 11 is -2.60. The molecule has 0 amide bonds. The van der Waals surface area contributed by atoms with Gasteiger partial charge in [0.2, 0.25) is 0 Å². The van der Waals surface area contributed by atoms with Crippen molar-refractivity contribution in [1.82, 2.24) is 0 Å². The summed E-state index contributed by atoms with van der Waals surface area (Å²) in [5.74, 6) is 1.16. The number of rotatable bonds is 11. The molecule has 2 aromatic carbocycles. The monoisotopic (exact) mass is 434 g/mol. The number of unbranched alkanes of at least 4 members (excludes halogenated alkanes) is 3. The Balaban J connectivity index is 2.32. The molecular weight excluding hydrogens is 399 g/mol. The minimum absolute atomic E-state index is 1.16. The van der Waals surface area contributed by atoms with Gasteiger partial charge in [-0.25, -0.2) is 0 Å². The fourth-order valence-corrected chi connectivity index (χ4v) is 16.9. The SMILES string of the molecule is CCC[CH2][Sn]([CH2]CCC)([CH2]CCC)[O]c1cccc2ccccc12. The Morgan fingerprint density at radius 1 is 0.708 bits per heavy atom. The van der Waals surface area contributed by atoms with Gasteiger partial charge in [-0.2, -0.15) is 0 Å². The van der Waals surface area contributed by atoms with Crippen LogP contribution >= 0.6 is 0 Å². The predicted octanol–water partition coefficient (Wildman–Crippen LogP) is 7.56. The second-order valence-corrected chi connectivity index (χ2v) is 18.7. The number of benzene rings is 2. The molecule has 0 radical (unpaired) electrons. The number of hydrogen-bond acceptors (Lipinski definition) is 1. The van der Waals surface area contributed by atoms with Gasteiger partial charge in [-0.05, 0) is 0 Å². The van der Waals surface area contributed by atoms with Gasteiger partial charge < -0.3 is 0 Å². The molecule has 2 rings (SSSR count). The summed E-state index contributed by atoms with van der Waals surface area (Å²) in [5.41, 5.74) is 0. The molecular formula is C22H34OSn. The van der Waals surface area contributed by atoms with Crippen molar-refractivity contribution in [3.63, 3.8) is 0 Å². The standard InChI is InChI=1S/C10H8O.3C4H9.Sn/c11-10-7-3-5-8-4-1-2-6-9(8)10;3*1-3-4-2;/h1-7,11H;3*1,3-4H2,2H3;/q;;;;+1/p-1. The third kappa shape index (κ3) is 5.40. The first-order valence-corrected chi connectivity index (χ1v) is 17.1. The van der Waals surface area contributed by atoms with Crippen LogP contribution in [0.4, 0.5) is 0 Å². The van der Waals surface area contributed by atoms with E-state index in [0.29, 0.717) is 0 Å². The van der Waals surface area contributed by atoms with Crippen LogP contribution in [0.3, 0.4) is 0 Å². The average molecular weight is 433 g/mol. The molecule has 0 aliphatic heterocycles. The van der Waals surface area contributed by atoms with Crippen LogP contribution in [0.5, 0.6) is 5.75 Å². The molecule has 0 aliphatic rings. The Bertz CT molecular complexity index is 581. The predicted molar refractivity (Wildman–Crippen MR) is 109 cm³/mol. The summed E-state index contributed by atoms with van der Waals surface area (Å²) in [5, 5.41) is 2.60. The van der Waals surface area contributed by atoms with Crippen LogP contribution in [-0.4, -0.2) is 18.8 Å². The van der Waals surface area contributed by atoms with Crippen molar-refractivity contribution in [2.75, 3.05) is 0 Å². The molecule has 0 aliphatic carbocycles. The topological polar surface area (TPSA) is 9.23 Å². The van der Waals surface area contributed by atoms with Crippen molar-refractivity contribution in [3.8, 4) is 5.75 Å². The average Bonchev–Trinajstić information content (AvgIpc) is 2.63. The molecule has 2 aromatic rings. The molecule has 0 atom stereocenters. The summed E-state index contributed by atoms with van der Waals surface area (Å²) in [4.78, 5) is 0. The second-order valence-electron chi connectivity index (χ2n) is 7.07. The molecule has 24 heavy (non-hydrogen) atoms. The van der Waals surface area contributed by atoms with E-state index in [2.05, 4.69) is 63.2 Å². The Kier molecular flexibility index (Phi) is 8.44. The molecule has 1 nitrogen and oxygen atoms in total. The van der Waals surface area contributed by atoms with Crippen molar-refractivity contribution in [3.05, 3.63) is 42.5 Å². The van der Waals surface area contributed by atoms with Crippen molar-refractivity contribution in [2.24, 2.45) is 0 Å². The second kappa shape index (κ2) is 10.3. The van der Waals surface area contributed by atoms with Crippen molar-refractivity contribution in [1.29, 1.82) is 0 Å². The van der Waals surface area contributed by atoms with E-state index < -0.39 is 18.8 Å². The molecule has 0 unspecified atom stereocenters. The first-order chi connectivity index (χ1) is 11.7. The quantitative estimate of drug-likeness (QED) is 0.332. The molecule has 0 N–H and O–H groups in total. The van der Waals surface area contributed by atoms with Gasteiger partial charge in [0.1, 0.15) is 0 Å². The van der Waals surface area contributed by atoms with E-state index in [1.165, 1.54) is 62.6 Å². The molecule has 2 heteroatoms. The Labute approximate surface area is 153 Å². The maximum absolute atomic E-state index is 7.03. The van der Waals surface area contributed by atoms with E-state index in [-0.39, 0.29) is 0 Å². The van der Waals surface area contributed by atoms with E-state index in [1.807, 2.05) is 0 Å². The van der Waals surface area contributed by atoms with Gasteiger partial charge in [0.05, 0.1) is 0 Å². The van der Waals surface area contributed by atoms with Crippen LogP contribution in [0.15, 0.2) is 42.5 Å². The zero-order valence-corrected chi connectivity index (χ0v) is 18.7. The third-order valence-electron chi connectivity index (χ3n) is 5.03. The van der Waals surface area contributed by atoms with E-state index >= 15 is 0 Å². The van der Waals surface area contributed by atoms with E-state index in [9.17, 15) is 0 Å². The Hall–Kier alpha value is -0.701. The fraction of sp³-hybridized carbons (Fsp3) is 0.545. The molecule has 0 heterocycles. The third-order valence-corrected chi connectivity index (χ3v) is 17.7. The van der Waals surface area contributed by atoms with Crippen molar-refractivity contribution >= 4 is 29.6 Å². The van der Waals surface area contributed by atoms with Gasteiger partial charge in [0, 0.05) is 0 Å². The van der Waals surface area contributed by atoms with Crippen LogP contribution in [0.2, 0.25) is 13.3 Å². The summed E-state index contributed by atoms with van der Waals surface area (Å²) in [6.45, 7) is 6.94. The molecule has 0 spiro atoms. The minimum atomic E-state index is -2.60. The summed E-state index contributed by atoms with van der Waals surface area (Å²) in [6.07, 6.45) is 7.89. The zero-order chi connectivity index (χ0) is 17.3. The van der Waals surface area contributed by atoms with Gasteiger partial charge >= 0.3 is 153 Å². The first-order valence-electron chi connectivity index (χ1n) is 9.91. The van der Waals surface area contributed by atoms with Crippen LogP contribution in [0, 0.1) is 0 Å². The Morgan fingerprint density at radius 3 is 1.83 bits per heavy atom. The molecule has 0 fully saturated rings. The Morgan fingerprint density at radius 2 is 1.25 bits per heavy atom. The van der Waals surface area contributed by atoms with E-state index in [1.54, 1.807) is 0 Å². The van der Waals surface area contributed by atoms with Crippen molar-refractivity contribution in [2.45, 2.75) is 72.6 Å². The number of hydrogen-bond donors (Lipinski definition) is 0. The van der Waals surface area contributed by atoms with Crippen LogP contribution < -0.4 is 3.07 Å². The van der Waals surface area contributed by atoms with E-state index in [0.717, 1.165) is 5.75 Å². The molecule has 0 bridgehead atoms. The van der Waals surface area contributed by atoms with Gasteiger partial charge in [-0.15, -0.1) is 0 Å². The van der Waals surface area contributed by atoms with Gasteiger partial charge in [0.25, 0.3) is 0 Å². The molecule has 132 valence electrons. The van der Waals surface area contributed by atoms with Crippen LogP contribution in [0.1, 0.15) is 59.3 Å².